The molecule has 1 spiro atoms. The lowest BCUT2D eigenvalue weighted by Gasteiger charge is -2.35. The second-order valence-corrected chi connectivity index (χ2v) is 7.75. The number of fused-ring (bicyclic) bond motifs is 1. The molecule has 2 atom stereocenters. The molecule has 0 amide bonds. The van der Waals surface area contributed by atoms with Gasteiger partial charge in [0.2, 0.25) is 0 Å². The van der Waals surface area contributed by atoms with Crippen molar-refractivity contribution in [3.63, 3.8) is 0 Å². The minimum atomic E-state index is -0.575. The maximum absolute atomic E-state index is 13.8. The summed E-state index contributed by atoms with van der Waals surface area (Å²) in [5.41, 5.74) is 3.92. The average molecular weight is 332 g/mol. The van der Waals surface area contributed by atoms with Crippen LogP contribution in [0.15, 0.2) is 60.2 Å². The lowest BCUT2D eigenvalue weighted by molar-refractivity contribution is -0.126. The molecule has 0 aromatic heterocycles. The number of ketones is 1. The van der Waals surface area contributed by atoms with Crippen LogP contribution in [0.4, 0.5) is 4.39 Å². The first-order valence-electron chi connectivity index (χ1n) is 9.29. The van der Waals surface area contributed by atoms with Gasteiger partial charge in [0.25, 0.3) is 0 Å². The van der Waals surface area contributed by atoms with E-state index in [4.69, 9.17) is 0 Å². The molecule has 2 aromatic carbocycles. The van der Waals surface area contributed by atoms with Crippen LogP contribution < -0.4 is 0 Å². The Morgan fingerprint density at radius 2 is 1.60 bits per heavy atom. The van der Waals surface area contributed by atoms with Crippen LogP contribution in [0.3, 0.4) is 0 Å². The highest BCUT2D eigenvalue weighted by Crippen LogP contribution is 2.68. The summed E-state index contributed by atoms with van der Waals surface area (Å²) < 4.78 is 13.5. The van der Waals surface area contributed by atoms with E-state index in [1.807, 2.05) is 30.3 Å². The van der Waals surface area contributed by atoms with Crippen molar-refractivity contribution in [2.45, 2.75) is 43.9 Å². The van der Waals surface area contributed by atoms with Gasteiger partial charge in [-0.25, -0.2) is 4.39 Å². The Kier molecular flexibility index (Phi) is 3.10. The van der Waals surface area contributed by atoms with E-state index in [1.54, 1.807) is 0 Å². The molecule has 2 fully saturated rings. The molecule has 0 saturated heterocycles. The summed E-state index contributed by atoms with van der Waals surface area (Å²) in [5.74, 6) is 0.129. The number of carbonyl (C=O) groups is 1. The van der Waals surface area contributed by atoms with Crippen molar-refractivity contribution in [1.29, 1.82) is 0 Å². The van der Waals surface area contributed by atoms with Crippen molar-refractivity contribution in [2.75, 3.05) is 0 Å². The highest BCUT2D eigenvalue weighted by atomic mass is 19.1. The summed E-state index contributed by atoms with van der Waals surface area (Å²) >= 11 is 0. The van der Waals surface area contributed by atoms with E-state index < -0.39 is 5.41 Å². The predicted octanol–water partition coefficient (Wildman–Crippen LogP) is 5.45. The molecule has 2 heteroatoms. The van der Waals surface area contributed by atoms with Crippen LogP contribution in [0, 0.1) is 11.2 Å². The molecule has 3 aliphatic rings. The fourth-order valence-corrected chi connectivity index (χ4v) is 5.72. The highest BCUT2D eigenvalue weighted by Gasteiger charge is 2.66. The molecule has 0 aliphatic heterocycles. The molecular formula is C23H21FO. The number of benzene rings is 2. The molecule has 2 saturated carbocycles. The molecule has 5 rings (SSSR count). The largest absolute Gasteiger partial charge is 0.297 e. The first kappa shape index (κ1) is 15.1. The van der Waals surface area contributed by atoms with Crippen LogP contribution in [-0.2, 0) is 10.2 Å². The van der Waals surface area contributed by atoms with Crippen molar-refractivity contribution in [3.8, 4) is 0 Å². The van der Waals surface area contributed by atoms with Crippen LogP contribution in [0.1, 0.15) is 49.7 Å². The van der Waals surface area contributed by atoms with E-state index in [-0.39, 0.29) is 11.2 Å². The summed E-state index contributed by atoms with van der Waals surface area (Å²) in [5, 5.41) is 0. The topological polar surface area (TPSA) is 17.1 Å². The molecule has 0 radical (unpaired) electrons. The molecule has 3 aliphatic carbocycles. The molecule has 0 heterocycles. The van der Waals surface area contributed by atoms with Crippen molar-refractivity contribution < 1.29 is 9.18 Å². The summed E-state index contributed by atoms with van der Waals surface area (Å²) in [6.07, 6.45) is 6.12. The number of rotatable bonds is 2. The Bertz CT molecular complexity index is 880. The van der Waals surface area contributed by atoms with Gasteiger partial charge in [0.1, 0.15) is 5.82 Å². The van der Waals surface area contributed by atoms with E-state index in [0.717, 1.165) is 37.7 Å². The van der Waals surface area contributed by atoms with Gasteiger partial charge in [0.15, 0.2) is 5.78 Å². The highest BCUT2D eigenvalue weighted by molar-refractivity contribution is 6.16. The van der Waals surface area contributed by atoms with E-state index in [2.05, 4.69) is 12.1 Å². The van der Waals surface area contributed by atoms with Gasteiger partial charge in [-0.1, -0.05) is 54.5 Å². The van der Waals surface area contributed by atoms with Crippen LogP contribution in [0.25, 0.3) is 5.57 Å². The third-order valence-electron chi connectivity index (χ3n) is 6.74. The van der Waals surface area contributed by atoms with Gasteiger partial charge in [0, 0.05) is 0 Å². The zero-order valence-electron chi connectivity index (χ0n) is 14.2. The average Bonchev–Trinajstić information content (AvgIpc) is 3.06. The number of halogens is 1. The normalized spacial score (nSPS) is 30.7. The minimum absolute atomic E-state index is 0.246. The van der Waals surface area contributed by atoms with E-state index in [0.29, 0.717) is 5.78 Å². The third-order valence-corrected chi connectivity index (χ3v) is 6.74. The Balaban J connectivity index is 1.81. The summed E-state index contributed by atoms with van der Waals surface area (Å²) in [7, 11) is 0. The van der Waals surface area contributed by atoms with Gasteiger partial charge in [-0.3, -0.25) is 4.79 Å². The molecule has 126 valence electrons. The number of hydrogen-bond donors (Lipinski definition) is 0. The number of Topliss-reactive ketones (excluding diaryl/α,β-unsaturated/α-hetero) is 1. The van der Waals surface area contributed by atoms with E-state index in [1.165, 1.54) is 35.3 Å². The first-order valence-corrected chi connectivity index (χ1v) is 9.29. The summed E-state index contributed by atoms with van der Waals surface area (Å²) in [6, 6.07) is 17.0. The maximum atomic E-state index is 13.8. The smallest absolute Gasteiger partial charge is 0.157 e. The van der Waals surface area contributed by atoms with Crippen molar-refractivity contribution in [1.82, 2.24) is 0 Å². The summed E-state index contributed by atoms with van der Waals surface area (Å²) in [4.78, 5) is 13.8. The Labute approximate surface area is 147 Å². The van der Waals surface area contributed by atoms with Gasteiger partial charge in [-0.15, -0.1) is 0 Å². The SMILES string of the molecule is O=C1[C@@]23CCCCC2=C(c2ccccc2)[C@]1(c1ccc(F)cc1)CC3. The lowest BCUT2D eigenvalue weighted by atomic mass is 9.67. The summed E-state index contributed by atoms with van der Waals surface area (Å²) in [6.45, 7) is 0. The zero-order chi connectivity index (χ0) is 17.1. The fraction of sp³-hybridized carbons (Fsp3) is 0.348. The predicted molar refractivity (Wildman–Crippen MR) is 96.6 cm³/mol. The van der Waals surface area contributed by atoms with Crippen molar-refractivity contribution in [2.24, 2.45) is 5.41 Å². The van der Waals surface area contributed by atoms with Crippen molar-refractivity contribution >= 4 is 11.4 Å². The van der Waals surface area contributed by atoms with Crippen LogP contribution in [0.5, 0.6) is 0 Å². The Morgan fingerprint density at radius 1 is 0.840 bits per heavy atom. The second kappa shape index (κ2) is 5.14. The molecule has 25 heavy (non-hydrogen) atoms. The van der Waals surface area contributed by atoms with Crippen molar-refractivity contribution in [3.05, 3.63) is 77.1 Å². The van der Waals surface area contributed by atoms with Crippen LogP contribution in [0.2, 0.25) is 0 Å². The zero-order valence-corrected chi connectivity index (χ0v) is 14.2. The van der Waals surface area contributed by atoms with Gasteiger partial charge >= 0.3 is 0 Å². The fourth-order valence-electron chi connectivity index (χ4n) is 5.72. The minimum Gasteiger partial charge on any atom is -0.297 e. The molecule has 0 unspecified atom stereocenters. The Morgan fingerprint density at radius 3 is 2.36 bits per heavy atom. The molecule has 2 aromatic rings. The Hall–Kier alpha value is -2.22. The second-order valence-electron chi connectivity index (χ2n) is 7.75. The standard InChI is InChI=1S/C23H21FO/c24-18-11-9-17(10-12-18)23-15-14-22(21(23)25)13-5-4-8-19(22)20(23)16-6-2-1-3-7-16/h1-3,6-7,9-12H,4-5,8,13-15H2/t22-,23-/m1/s1. The van der Waals surface area contributed by atoms with Crippen LogP contribution >= 0.6 is 0 Å². The van der Waals surface area contributed by atoms with Crippen LogP contribution in [-0.4, -0.2) is 5.78 Å². The number of hydrogen-bond acceptors (Lipinski definition) is 1. The van der Waals surface area contributed by atoms with Gasteiger partial charge in [0.05, 0.1) is 10.8 Å². The monoisotopic (exact) mass is 332 g/mol. The van der Waals surface area contributed by atoms with Gasteiger partial charge < -0.3 is 0 Å². The molecule has 0 N–H and O–H groups in total. The van der Waals surface area contributed by atoms with Gasteiger partial charge in [-0.05, 0) is 60.9 Å². The molecule has 2 bridgehead atoms. The third kappa shape index (κ3) is 1.80. The first-order chi connectivity index (χ1) is 12.2. The molecule has 1 nitrogen and oxygen atoms in total. The number of carbonyl (C=O) groups excluding carboxylic acids is 1. The quantitative estimate of drug-likeness (QED) is 0.714. The van der Waals surface area contributed by atoms with E-state index >= 15 is 0 Å². The molecular weight excluding hydrogens is 311 g/mol. The maximum Gasteiger partial charge on any atom is 0.157 e. The number of allylic oxidation sites excluding steroid dienone is 2. The van der Waals surface area contributed by atoms with E-state index in [9.17, 15) is 9.18 Å². The lowest BCUT2D eigenvalue weighted by Crippen LogP contribution is -2.34. The van der Waals surface area contributed by atoms with Gasteiger partial charge in [-0.2, -0.15) is 0 Å².